The van der Waals surface area contributed by atoms with E-state index in [1.807, 2.05) is 32.9 Å². The SMILES string of the molecule is CC(=O)ON1CCC(c2cccc(CNC(=O)OC(C)(C)C)c2)CC1. The van der Waals surface area contributed by atoms with Gasteiger partial charge in [-0.25, -0.2) is 4.79 Å². The van der Waals surface area contributed by atoms with Gasteiger partial charge in [-0.3, -0.25) is 4.79 Å². The van der Waals surface area contributed by atoms with Crippen molar-refractivity contribution >= 4 is 12.1 Å². The fraction of sp³-hybridized carbons (Fsp3) is 0.579. The molecule has 0 unspecified atom stereocenters. The highest BCUT2D eigenvalue weighted by Gasteiger charge is 2.22. The number of benzene rings is 1. The van der Waals surface area contributed by atoms with Crippen molar-refractivity contribution in [3.05, 3.63) is 35.4 Å². The van der Waals surface area contributed by atoms with Gasteiger partial charge in [0.25, 0.3) is 0 Å². The zero-order valence-electron chi connectivity index (χ0n) is 15.5. The molecular weight excluding hydrogens is 320 g/mol. The molecule has 25 heavy (non-hydrogen) atoms. The Bertz CT molecular complexity index is 602. The van der Waals surface area contributed by atoms with Crippen molar-refractivity contribution in [1.82, 2.24) is 10.4 Å². The summed E-state index contributed by atoms with van der Waals surface area (Å²) in [5.41, 5.74) is 1.80. The van der Waals surface area contributed by atoms with E-state index in [1.165, 1.54) is 12.5 Å². The minimum Gasteiger partial charge on any atom is -0.444 e. The Labute approximate surface area is 149 Å². The van der Waals surface area contributed by atoms with Gasteiger partial charge >= 0.3 is 12.1 Å². The second-order valence-corrected chi connectivity index (χ2v) is 7.39. The van der Waals surface area contributed by atoms with Gasteiger partial charge in [-0.05, 0) is 50.7 Å². The Kier molecular flexibility index (Phi) is 6.42. The van der Waals surface area contributed by atoms with E-state index >= 15 is 0 Å². The zero-order chi connectivity index (χ0) is 18.4. The minimum absolute atomic E-state index is 0.270. The van der Waals surface area contributed by atoms with Gasteiger partial charge in [-0.15, -0.1) is 5.06 Å². The molecule has 6 heteroatoms. The van der Waals surface area contributed by atoms with E-state index in [2.05, 4.69) is 17.4 Å². The number of ether oxygens (including phenoxy) is 1. The van der Waals surface area contributed by atoms with Crippen molar-refractivity contribution in [3.8, 4) is 0 Å². The van der Waals surface area contributed by atoms with Crippen LogP contribution in [0.2, 0.25) is 0 Å². The van der Waals surface area contributed by atoms with Gasteiger partial charge in [-0.1, -0.05) is 24.3 Å². The third-order valence-corrected chi connectivity index (χ3v) is 3.97. The Morgan fingerprint density at radius 1 is 1.24 bits per heavy atom. The van der Waals surface area contributed by atoms with Gasteiger partial charge in [0.05, 0.1) is 0 Å². The van der Waals surface area contributed by atoms with E-state index in [9.17, 15) is 9.59 Å². The Morgan fingerprint density at radius 3 is 2.52 bits per heavy atom. The van der Waals surface area contributed by atoms with Gasteiger partial charge < -0.3 is 14.9 Å². The minimum atomic E-state index is -0.498. The molecule has 1 aromatic carbocycles. The third-order valence-electron chi connectivity index (χ3n) is 3.97. The lowest BCUT2D eigenvalue weighted by molar-refractivity contribution is -0.192. The number of carbonyl (C=O) groups excluding carboxylic acids is 2. The number of hydroxylamine groups is 2. The summed E-state index contributed by atoms with van der Waals surface area (Å²) in [6, 6.07) is 8.25. The molecule has 0 spiro atoms. The van der Waals surface area contributed by atoms with Crippen LogP contribution in [-0.4, -0.2) is 35.8 Å². The highest BCUT2D eigenvalue weighted by Crippen LogP contribution is 2.28. The molecule has 1 aromatic rings. The van der Waals surface area contributed by atoms with Crippen LogP contribution in [0.5, 0.6) is 0 Å². The van der Waals surface area contributed by atoms with E-state index in [0.717, 1.165) is 31.5 Å². The predicted molar refractivity (Wildman–Crippen MR) is 94.8 cm³/mol. The average Bonchev–Trinajstić information content (AvgIpc) is 2.52. The van der Waals surface area contributed by atoms with E-state index in [-0.39, 0.29) is 5.97 Å². The van der Waals surface area contributed by atoms with Crippen molar-refractivity contribution in [3.63, 3.8) is 0 Å². The number of alkyl carbamates (subject to hydrolysis) is 1. The van der Waals surface area contributed by atoms with Crippen LogP contribution in [0, 0.1) is 0 Å². The molecule has 0 aromatic heterocycles. The smallest absolute Gasteiger partial charge is 0.407 e. The van der Waals surface area contributed by atoms with Gasteiger partial charge in [0.1, 0.15) is 5.60 Å². The Balaban J connectivity index is 1.87. The van der Waals surface area contributed by atoms with Crippen LogP contribution in [0.15, 0.2) is 24.3 Å². The first-order valence-electron chi connectivity index (χ1n) is 8.72. The molecule has 138 valence electrons. The van der Waals surface area contributed by atoms with Crippen molar-refractivity contribution in [2.45, 2.75) is 58.6 Å². The molecular formula is C19H28N2O4. The molecule has 1 amide bonds. The number of hydrogen-bond donors (Lipinski definition) is 1. The quantitative estimate of drug-likeness (QED) is 0.903. The van der Waals surface area contributed by atoms with Crippen LogP contribution >= 0.6 is 0 Å². The van der Waals surface area contributed by atoms with Gasteiger partial charge in [-0.2, -0.15) is 0 Å². The predicted octanol–water partition coefficient (Wildman–Crippen LogP) is 3.37. The topological polar surface area (TPSA) is 67.9 Å². The molecule has 1 fully saturated rings. The second-order valence-electron chi connectivity index (χ2n) is 7.39. The van der Waals surface area contributed by atoms with Gasteiger partial charge in [0.15, 0.2) is 0 Å². The number of carbonyl (C=O) groups is 2. The first-order valence-corrected chi connectivity index (χ1v) is 8.72. The van der Waals surface area contributed by atoms with Crippen LogP contribution in [0.3, 0.4) is 0 Å². The fourth-order valence-electron chi connectivity index (χ4n) is 2.91. The molecule has 0 radical (unpaired) electrons. The lowest BCUT2D eigenvalue weighted by Crippen LogP contribution is -2.34. The highest BCUT2D eigenvalue weighted by molar-refractivity contribution is 5.67. The summed E-state index contributed by atoms with van der Waals surface area (Å²) in [6.45, 7) is 8.87. The molecule has 6 nitrogen and oxygen atoms in total. The summed E-state index contributed by atoms with van der Waals surface area (Å²) in [6.07, 6.45) is 1.47. The molecule has 1 heterocycles. The number of nitrogens with zero attached hydrogens (tertiary/aromatic N) is 1. The lowest BCUT2D eigenvalue weighted by Gasteiger charge is -2.30. The molecule has 0 atom stereocenters. The van der Waals surface area contributed by atoms with E-state index in [0.29, 0.717) is 12.5 Å². The number of piperidine rings is 1. The molecule has 0 bridgehead atoms. The first-order chi connectivity index (χ1) is 11.7. The molecule has 1 N–H and O–H groups in total. The van der Waals surface area contributed by atoms with Crippen molar-refractivity contribution < 1.29 is 19.2 Å². The molecule has 0 aliphatic carbocycles. The van der Waals surface area contributed by atoms with Crippen molar-refractivity contribution in [2.24, 2.45) is 0 Å². The van der Waals surface area contributed by atoms with Crippen LogP contribution in [0.25, 0.3) is 0 Å². The summed E-state index contributed by atoms with van der Waals surface area (Å²) in [5, 5.41) is 4.52. The maximum atomic E-state index is 11.8. The maximum absolute atomic E-state index is 11.8. The number of rotatable bonds is 4. The van der Waals surface area contributed by atoms with Crippen molar-refractivity contribution in [1.29, 1.82) is 0 Å². The van der Waals surface area contributed by atoms with Crippen LogP contribution in [-0.2, 0) is 20.9 Å². The van der Waals surface area contributed by atoms with E-state index in [1.54, 1.807) is 5.06 Å². The van der Waals surface area contributed by atoms with Crippen LogP contribution < -0.4 is 5.32 Å². The normalized spacial score (nSPS) is 16.3. The van der Waals surface area contributed by atoms with Gasteiger partial charge in [0, 0.05) is 26.6 Å². The summed E-state index contributed by atoms with van der Waals surface area (Å²) in [5.74, 6) is 0.168. The van der Waals surface area contributed by atoms with E-state index in [4.69, 9.17) is 9.57 Å². The fourth-order valence-corrected chi connectivity index (χ4v) is 2.91. The number of nitrogens with one attached hydrogen (secondary N) is 1. The first kappa shape index (κ1) is 19.2. The number of hydrogen-bond acceptors (Lipinski definition) is 5. The monoisotopic (exact) mass is 348 g/mol. The maximum Gasteiger partial charge on any atom is 0.407 e. The molecule has 1 aliphatic rings. The number of amides is 1. The lowest BCUT2D eigenvalue weighted by atomic mass is 9.89. The average molecular weight is 348 g/mol. The Hall–Kier alpha value is -2.08. The van der Waals surface area contributed by atoms with Crippen molar-refractivity contribution in [2.75, 3.05) is 13.1 Å². The second kappa shape index (κ2) is 8.34. The molecule has 2 rings (SSSR count). The zero-order valence-corrected chi connectivity index (χ0v) is 15.5. The molecule has 0 saturated carbocycles. The molecule has 1 saturated heterocycles. The highest BCUT2D eigenvalue weighted by atomic mass is 16.7. The van der Waals surface area contributed by atoms with Crippen LogP contribution in [0.4, 0.5) is 4.79 Å². The van der Waals surface area contributed by atoms with E-state index < -0.39 is 11.7 Å². The van der Waals surface area contributed by atoms with Crippen LogP contribution in [0.1, 0.15) is 57.6 Å². The largest absolute Gasteiger partial charge is 0.444 e. The van der Waals surface area contributed by atoms with Gasteiger partial charge in [0.2, 0.25) is 0 Å². The third kappa shape index (κ3) is 6.74. The summed E-state index contributed by atoms with van der Waals surface area (Å²) < 4.78 is 5.25. The molecule has 1 aliphatic heterocycles. The summed E-state index contributed by atoms with van der Waals surface area (Å²) in [4.78, 5) is 27.9. The Morgan fingerprint density at radius 2 is 1.92 bits per heavy atom. The standard InChI is InChI=1S/C19H28N2O4/c1-14(22)25-21-10-8-16(9-11-21)17-7-5-6-15(12-17)13-20-18(23)24-19(2,3)4/h5-7,12,16H,8-11,13H2,1-4H3,(H,20,23). The summed E-state index contributed by atoms with van der Waals surface area (Å²) in [7, 11) is 0. The summed E-state index contributed by atoms with van der Waals surface area (Å²) >= 11 is 0.